The molecule has 0 radical (unpaired) electrons. The summed E-state index contributed by atoms with van der Waals surface area (Å²) in [6, 6.07) is 16.2. The molecule has 2 aromatic carbocycles. The minimum atomic E-state index is 0.356. The van der Waals surface area contributed by atoms with Gasteiger partial charge >= 0.3 is 0 Å². The standard InChI is InChI=1S/C24H27NO3/c1-16-6-4-5-7-21(16)25-22-15-24(17-8-10-18(26-2)11-9-17)28-23-13-12-19(27-3)14-20(22)23/h8-16,21H,4-7H2,1-3H3/t16-,21+/m1/s1. The van der Waals surface area contributed by atoms with Crippen molar-refractivity contribution in [2.24, 2.45) is 10.9 Å². The smallest absolute Gasteiger partial charge is 0.137 e. The zero-order valence-corrected chi connectivity index (χ0v) is 16.8. The van der Waals surface area contributed by atoms with E-state index in [1.165, 1.54) is 19.3 Å². The Morgan fingerprint density at radius 1 is 0.893 bits per heavy atom. The number of methoxy groups -OCH3 is 2. The van der Waals surface area contributed by atoms with Crippen molar-refractivity contribution in [3.05, 3.63) is 53.9 Å². The molecule has 0 spiro atoms. The fourth-order valence-electron chi connectivity index (χ4n) is 3.95. The number of fused-ring (bicyclic) bond motifs is 1. The highest BCUT2D eigenvalue weighted by Gasteiger charge is 2.20. The van der Waals surface area contributed by atoms with E-state index in [0.717, 1.165) is 45.6 Å². The van der Waals surface area contributed by atoms with E-state index in [9.17, 15) is 0 Å². The lowest BCUT2D eigenvalue weighted by atomic mass is 9.86. The molecule has 4 rings (SSSR count). The Hall–Kier alpha value is -2.75. The lowest BCUT2D eigenvalue weighted by Gasteiger charge is -2.25. The third-order valence-electron chi connectivity index (χ3n) is 5.70. The van der Waals surface area contributed by atoms with Crippen molar-refractivity contribution in [1.82, 2.24) is 0 Å². The van der Waals surface area contributed by atoms with Crippen LogP contribution in [0.3, 0.4) is 0 Å². The summed E-state index contributed by atoms with van der Waals surface area (Å²) in [6.45, 7) is 2.31. The van der Waals surface area contributed by atoms with Crippen LogP contribution in [-0.2, 0) is 0 Å². The van der Waals surface area contributed by atoms with E-state index in [4.69, 9.17) is 18.9 Å². The summed E-state index contributed by atoms with van der Waals surface area (Å²) in [5, 5.41) is 1.97. The molecule has 1 fully saturated rings. The van der Waals surface area contributed by atoms with Gasteiger partial charge in [-0.15, -0.1) is 0 Å². The lowest BCUT2D eigenvalue weighted by Crippen LogP contribution is -2.23. The molecule has 0 unspecified atom stereocenters. The highest BCUT2D eigenvalue weighted by atomic mass is 16.5. The fraction of sp³-hybridized carbons (Fsp3) is 0.375. The highest BCUT2D eigenvalue weighted by Crippen LogP contribution is 2.28. The number of hydrogen-bond acceptors (Lipinski definition) is 4. The molecule has 1 aliphatic rings. The van der Waals surface area contributed by atoms with Gasteiger partial charge in [0.2, 0.25) is 0 Å². The summed E-state index contributed by atoms with van der Waals surface area (Å²) >= 11 is 0. The average Bonchev–Trinajstić information content (AvgIpc) is 2.75. The molecule has 2 atom stereocenters. The van der Waals surface area contributed by atoms with Gasteiger partial charge in [-0.3, -0.25) is 4.99 Å². The van der Waals surface area contributed by atoms with Gasteiger partial charge in [0.05, 0.1) is 25.6 Å². The summed E-state index contributed by atoms with van der Waals surface area (Å²) < 4.78 is 16.9. The van der Waals surface area contributed by atoms with E-state index in [-0.39, 0.29) is 0 Å². The topological polar surface area (TPSA) is 44.0 Å². The van der Waals surface area contributed by atoms with Gasteiger partial charge in [0, 0.05) is 17.0 Å². The molecular formula is C24H27NO3. The largest absolute Gasteiger partial charge is 0.497 e. The van der Waals surface area contributed by atoms with Gasteiger partial charge in [0.15, 0.2) is 0 Å². The van der Waals surface area contributed by atoms with Gasteiger partial charge in [-0.2, -0.15) is 0 Å². The van der Waals surface area contributed by atoms with E-state index in [0.29, 0.717) is 12.0 Å². The Kier molecular flexibility index (Phi) is 5.38. The maximum Gasteiger partial charge on any atom is 0.137 e. The molecule has 1 heterocycles. The van der Waals surface area contributed by atoms with E-state index in [1.54, 1.807) is 14.2 Å². The Bertz CT molecular complexity index is 1020. The average molecular weight is 377 g/mol. The molecule has 0 saturated heterocycles. The monoisotopic (exact) mass is 377 g/mol. The number of nitrogens with zero attached hydrogens (tertiary/aromatic N) is 1. The third kappa shape index (κ3) is 3.77. The fourth-order valence-corrected chi connectivity index (χ4v) is 3.95. The first-order chi connectivity index (χ1) is 13.7. The zero-order valence-electron chi connectivity index (χ0n) is 16.8. The van der Waals surface area contributed by atoms with Crippen LogP contribution in [0.4, 0.5) is 0 Å². The van der Waals surface area contributed by atoms with Crippen molar-refractivity contribution < 1.29 is 13.9 Å². The molecule has 3 aromatic rings. The molecule has 4 nitrogen and oxygen atoms in total. The number of hydrogen-bond donors (Lipinski definition) is 0. The van der Waals surface area contributed by atoms with Crippen LogP contribution >= 0.6 is 0 Å². The van der Waals surface area contributed by atoms with Crippen LogP contribution in [0.15, 0.2) is 57.9 Å². The normalized spacial score (nSPS) is 20.3. The van der Waals surface area contributed by atoms with Crippen molar-refractivity contribution in [3.63, 3.8) is 0 Å². The first-order valence-corrected chi connectivity index (χ1v) is 9.98. The van der Waals surface area contributed by atoms with E-state index >= 15 is 0 Å². The van der Waals surface area contributed by atoms with E-state index < -0.39 is 0 Å². The molecular weight excluding hydrogens is 350 g/mol. The maximum absolute atomic E-state index is 6.22. The summed E-state index contributed by atoms with van der Waals surface area (Å²) in [6.07, 6.45) is 4.96. The number of ether oxygens (including phenoxy) is 2. The van der Waals surface area contributed by atoms with Crippen molar-refractivity contribution in [3.8, 4) is 22.8 Å². The molecule has 1 aliphatic carbocycles. The Morgan fingerprint density at radius 2 is 1.61 bits per heavy atom. The van der Waals surface area contributed by atoms with Crippen LogP contribution in [0.2, 0.25) is 0 Å². The zero-order chi connectivity index (χ0) is 19.5. The van der Waals surface area contributed by atoms with Gasteiger partial charge in [-0.1, -0.05) is 19.8 Å². The predicted octanol–water partition coefficient (Wildman–Crippen LogP) is 5.60. The van der Waals surface area contributed by atoms with Crippen molar-refractivity contribution in [2.45, 2.75) is 38.6 Å². The van der Waals surface area contributed by atoms with Crippen LogP contribution in [0.1, 0.15) is 32.6 Å². The second-order valence-corrected chi connectivity index (χ2v) is 7.54. The highest BCUT2D eigenvalue weighted by molar-refractivity contribution is 5.80. The van der Waals surface area contributed by atoms with Gasteiger partial charge in [0.1, 0.15) is 22.8 Å². The Balaban J connectivity index is 1.88. The van der Waals surface area contributed by atoms with E-state index in [2.05, 4.69) is 13.0 Å². The Morgan fingerprint density at radius 3 is 2.32 bits per heavy atom. The molecule has 0 N–H and O–H groups in total. The van der Waals surface area contributed by atoms with Crippen LogP contribution in [0.25, 0.3) is 22.3 Å². The first kappa shape index (κ1) is 18.6. The first-order valence-electron chi connectivity index (χ1n) is 9.98. The number of rotatable bonds is 4. The van der Waals surface area contributed by atoms with Crippen LogP contribution in [-0.4, -0.2) is 20.3 Å². The Labute approximate surface area is 165 Å². The van der Waals surface area contributed by atoms with Crippen molar-refractivity contribution in [2.75, 3.05) is 14.2 Å². The van der Waals surface area contributed by atoms with Gasteiger partial charge in [0.25, 0.3) is 0 Å². The van der Waals surface area contributed by atoms with E-state index in [1.807, 2.05) is 42.5 Å². The van der Waals surface area contributed by atoms with Crippen LogP contribution in [0, 0.1) is 5.92 Å². The molecule has 4 heteroatoms. The van der Waals surface area contributed by atoms with Crippen molar-refractivity contribution >= 4 is 11.0 Å². The SMILES string of the molecule is COc1ccc(-c2cc(=N[C@H]3CCCC[C@H]3C)c3cc(OC)ccc3o2)cc1. The van der Waals surface area contributed by atoms with Crippen LogP contribution in [0.5, 0.6) is 11.5 Å². The molecule has 146 valence electrons. The summed E-state index contributed by atoms with van der Waals surface area (Å²) in [5.41, 5.74) is 1.82. The van der Waals surface area contributed by atoms with Crippen molar-refractivity contribution in [1.29, 1.82) is 0 Å². The summed E-state index contributed by atoms with van der Waals surface area (Å²) in [7, 11) is 3.36. The molecule has 0 bridgehead atoms. The van der Waals surface area contributed by atoms with Crippen LogP contribution < -0.4 is 14.8 Å². The quantitative estimate of drug-likeness (QED) is 0.595. The minimum Gasteiger partial charge on any atom is -0.497 e. The molecule has 0 amide bonds. The molecule has 28 heavy (non-hydrogen) atoms. The lowest BCUT2D eigenvalue weighted by molar-refractivity contribution is 0.328. The van der Waals surface area contributed by atoms with Gasteiger partial charge < -0.3 is 13.9 Å². The molecule has 1 saturated carbocycles. The third-order valence-corrected chi connectivity index (χ3v) is 5.70. The van der Waals surface area contributed by atoms with Gasteiger partial charge in [-0.05, 0) is 61.2 Å². The maximum atomic E-state index is 6.22. The molecule has 0 aliphatic heterocycles. The molecule has 1 aromatic heterocycles. The predicted molar refractivity (Wildman–Crippen MR) is 112 cm³/mol. The van der Waals surface area contributed by atoms with Gasteiger partial charge in [-0.25, -0.2) is 0 Å². The summed E-state index contributed by atoms with van der Waals surface area (Å²) in [4.78, 5) is 5.18. The second kappa shape index (κ2) is 8.09. The minimum absolute atomic E-state index is 0.356. The second-order valence-electron chi connectivity index (χ2n) is 7.54. The number of benzene rings is 2. The summed E-state index contributed by atoms with van der Waals surface area (Å²) in [5.74, 6) is 3.06.